The predicted octanol–water partition coefficient (Wildman–Crippen LogP) is 3.45. The largest absolute Gasteiger partial charge is 0.350 e. The average molecular weight is 392 g/mol. The molecule has 0 radical (unpaired) electrons. The maximum atomic E-state index is 13.1. The Kier molecular flexibility index (Phi) is 4.73. The molecule has 0 N–H and O–H groups in total. The number of aromatic nitrogens is 2. The molecular formula is C21H21N5OS. The van der Waals surface area contributed by atoms with Crippen LogP contribution in [0.5, 0.6) is 0 Å². The summed E-state index contributed by atoms with van der Waals surface area (Å²) in [4.78, 5) is 17.9. The number of benzene rings is 1. The Labute approximate surface area is 168 Å². The molecule has 4 rings (SSSR count). The normalized spacial score (nSPS) is 14.4. The highest BCUT2D eigenvalue weighted by atomic mass is 32.1. The van der Waals surface area contributed by atoms with Gasteiger partial charge in [-0.2, -0.15) is 10.4 Å². The maximum absolute atomic E-state index is 13.1. The lowest BCUT2D eigenvalue weighted by Gasteiger charge is -2.35. The summed E-state index contributed by atoms with van der Waals surface area (Å²) in [5.74, 6) is 0.709. The zero-order valence-corrected chi connectivity index (χ0v) is 17.0. The van der Waals surface area contributed by atoms with Crippen molar-refractivity contribution in [2.24, 2.45) is 0 Å². The minimum Gasteiger partial charge on any atom is -0.350 e. The number of nitrogens with zero attached hydrogens (tertiary/aromatic N) is 5. The Bertz CT molecular complexity index is 1110. The summed E-state index contributed by atoms with van der Waals surface area (Å²) in [6.45, 7) is 8.26. The standard InChI is InChI=1S/C21H21N5OS/c1-13-15(3)23-24-20(17(13)12-22)25-8-10-26(11-9-25)21(27)19-14(2)16-6-4-5-7-18(16)28-19/h4-7H,8-11H2,1-3H3. The number of fused-ring (bicyclic) bond motifs is 1. The summed E-state index contributed by atoms with van der Waals surface area (Å²) in [6, 6.07) is 10.4. The third kappa shape index (κ3) is 3.00. The lowest BCUT2D eigenvalue weighted by molar-refractivity contribution is 0.0751. The van der Waals surface area contributed by atoms with E-state index in [-0.39, 0.29) is 5.91 Å². The van der Waals surface area contributed by atoms with Gasteiger partial charge >= 0.3 is 0 Å². The summed E-state index contributed by atoms with van der Waals surface area (Å²) in [5, 5.41) is 19.1. The van der Waals surface area contributed by atoms with Gasteiger partial charge in [0.1, 0.15) is 11.6 Å². The molecule has 2 aromatic heterocycles. The minimum absolute atomic E-state index is 0.0880. The molecule has 1 aliphatic heterocycles. The first-order chi connectivity index (χ1) is 13.5. The van der Waals surface area contributed by atoms with Crippen LogP contribution in [0.25, 0.3) is 10.1 Å². The number of amides is 1. The van der Waals surface area contributed by atoms with Gasteiger partial charge in [-0.3, -0.25) is 4.79 Å². The molecule has 0 unspecified atom stereocenters. The summed E-state index contributed by atoms with van der Waals surface area (Å²) < 4.78 is 1.14. The zero-order valence-electron chi connectivity index (χ0n) is 16.2. The van der Waals surface area contributed by atoms with Gasteiger partial charge in [0, 0.05) is 30.9 Å². The van der Waals surface area contributed by atoms with E-state index in [1.807, 2.05) is 37.8 Å². The number of carbonyl (C=O) groups is 1. The lowest BCUT2D eigenvalue weighted by atomic mass is 10.1. The van der Waals surface area contributed by atoms with Crippen molar-refractivity contribution in [1.29, 1.82) is 5.26 Å². The highest BCUT2D eigenvalue weighted by Gasteiger charge is 2.27. The molecule has 3 heterocycles. The topological polar surface area (TPSA) is 73.1 Å². The van der Waals surface area contributed by atoms with Gasteiger partial charge in [0.2, 0.25) is 0 Å². The van der Waals surface area contributed by atoms with Crippen LogP contribution in [0.1, 0.15) is 32.1 Å². The van der Waals surface area contributed by atoms with Crippen LogP contribution in [-0.4, -0.2) is 47.2 Å². The van der Waals surface area contributed by atoms with Crippen molar-refractivity contribution in [3.05, 3.63) is 51.5 Å². The smallest absolute Gasteiger partial charge is 0.264 e. The second kappa shape index (κ2) is 7.21. The van der Waals surface area contributed by atoms with Crippen molar-refractivity contribution in [2.45, 2.75) is 20.8 Å². The van der Waals surface area contributed by atoms with Gasteiger partial charge in [0.15, 0.2) is 5.82 Å². The molecule has 1 saturated heterocycles. The Morgan fingerprint density at radius 3 is 2.46 bits per heavy atom. The number of hydrogen-bond acceptors (Lipinski definition) is 6. The minimum atomic E-state index is 0.0880. The highest BCUT2D eigenvalue weighted by Crippen LogP contribution is 2.32. The fourth-order valence-corrected chi connectivity index (χ4v) is 4.77. The van der Waals surface area contributed by atoms with Crippen molar-refractivity contribution < 1.29 is 4.79 Å². The van der Waals surface area contributed by atoms with E-state index >= 15 is 0 Å². The van der Waals surface area contributed by atoms with E-state index < -0.39 is 0 Å². The van der Waals surface area contributed by atoms with Gasteiger partial charge in [-0.15, -0.1) is 16.4 Å². The SMILES string of the molecule is Cc1nnc(N2CCN(C(=O)c3sc4ccccc4c3C)CC2)c(C#N)c1C. The number of nitriles is 1. The Morgan fingerprint density at radius 2 is 1.79 bits per heavy atom. The average Bonchev–Trinajstić information content (AvgIpc) is 3.06. The molecule has 0 atom stereocenters. The van der Waals surface area contributed by atoms with E-state index in [1.165, 1.54) is 0 Å². The molecule has 1 aromatic carbocycles. The van der Waals surface area contributed by atoms with E-state index in [4.69, 9.17) is 0 Å². The van der Waals surface area contributed by atoms with E-state index in [0.29, 0.717) is 37.6 Å². The van der Waals surface area contributed by atoms with Crippen LogP contribution < -0.4 is 4.90 Å². The van der Waals surface area contributed by atoms with Gasteiger partial charge in [0.25, 0.3) is 5.91 Å². The van der Waals surface area contributed by atoms with Gasteiger partial charge in [-0.1, -0.05) is 18.2 Å². The first-order valence-corrected chi connectivity index (χ1v) is 10.1. The molecule has 1 aliphatic rings. The fourth-order valence-electron chi connectivity index (χ4n) is 3.59. The maximum Gasteiger partial charge on any atom is 0.264 e. The molecule has 6 nitrogen and oxygen atoms in total. The van der Waals surface area contributed by atoms with Crippen molar-refractivity contribution in [3.63, 3.8) is 0 Å². The molecule has 1 amide bonds. The van der Waals surface area contributed by atoms with E-state index in [2.05, 4.69) is 33.3 Å². The van der Waals surface area contributed by atoms with Crippen LogP contribution >= 0.6 is 11.3 Å². The van der Waals surface area contributed by atoms with Gasteiger partial charge in [0.05, 0.1) is 10.6 Å². The first kappa shape index (κ1) is 18.4. The summed E-state index contributed by atoms with van der Waals surface area (Å²) in [6.07, 6.45) is 0. The Balaban J connectivity index is 1.53. The third-order valence-corrected chi connectivity index (χ3v) is 6.71. The van der Waals surface area contributed by atoms with Crippen molar-refractivity contribution in [2.75, 3.05) is 31.1 Å². The van der Waals surface area contributed by atoms with Crippen LogP contribution in [0.3, 0.4) is 0 Å². The van der Waals surface area contributed by atoms with Crippen LogP contribution in [-0.2, 0) is 0 Å². The molecule has 0 bridgehead atoms. The number of piperazine rings is 1. The number of hydrogen-bond donors (Lipinski definition) is 0. The van der Waals surface area contributed by atoms with E-state index in [0.717, 1.165) is 31.8 Å². The van der Waals surface area contributed by atoms with Gasteiger partial charge in [-0.25, -0.2) is 0 Å². The monoisotopic (exact) mass is 391 g/mol. The number of aryl methyl sites for hydroxylation is 2. The summed E-state index contributed by atoms with van der Waals surface area (Å²) >= 11 is 1.56. The number of thiophene rings is 1. The van der Waals surface area contributed by atoms with Gasteiger partial charge < -0.3 is 9.80 Å². The molecule has 1 fully saturated rings. The van der Waals surface area contributed by atoms with Crippen molar-refractivity contribution in [3.8, 4) is 6.07 Å². The van der Waals surface area contributed by atoms with Gasteiger partial charge in [-0.05, 0) is 43.4 Å². The number of rotatable bonds is 2. The molecule has 28 heavy (non-hydrogen) atoms. The van der Waals surface area contributed by atoms with Crippen LogP contribution in [0.4, 0.5) is 5.82 Å². The fraction of sp³-hybridized carbons (Fsp3) is 0.333. The zero-order chi connectivity index (χ0) is 19.8. The number of anilines is 1. The predicted molar refractivity (Wildman–Crippen MR) is 111 cm³/mol. The second-order valence-electron chi connectivity index (χ2n) is 7.05. The third-order valence-electron chi connectivity index (χ3n) is 5.45. The van der Waals surface area contributed by atoms with Crippen LogP contribution in [0.2, 0.25) is 0 Å². The molecule has 3 aromatic rings. The molecule has 142 valence electrons. The van der Waals surface area contributed by atoms with E-state index in [9.17, 15) is 10.1 Å². The van der Waals surface area contributed by atoms with Crippen LogP contribution in [0.15, 0.2) is 24.3 Å². The lowest BCUT2D eigenvalue weighted by Crippen LogP contribution is -2.49. The molecule has 0 saturated carbocycles. The van der Waals surface area contributed by atoms with Crippen LogP contribution in [0, 0.1) is 32.1 Å². The highest BCUT2D eigenvalue weighted by molar-refractivity contribution is 7.21. The molecule has 7 heteroatoms. The first-order valence-electron chi connectivity index (χ1n) is 9.27. The molecule has 0 aliphatic carbocycles. The summed E-state index contributed by atoms with van der Waals surface area (Å²) in [5.41, 5.74) is 3.27. The summed E-state index contributed by atoms with van der Waals surface area (Å²) in [7, 11) is 0. The van der Waals surface area contributed by atoms with Crippen molar-refractivity contribution in [1.82, 2.24) is 15.1 Å². The molecule has 0 spiro atoms. The quantitative estimate of drug-likeness (QED) is 0.669. The molecular weight excluding hydrogens is 370 g/mol. The van der Waals surface area contributed by atoms with Crippen molar-refractivity contribution >= 4 is 33.1 Å². The van der Waals surface area contributed by atoms with E-state index in [1.54, 1.807) is 11.3 Å². The Hall–Kier alpha value is -2.98. The Morgan fingerprint density at radius 1 is 1.07 bits per heavy atom. The second-order valence-corrected chi connectivity index (χ2v) is 8.10. The number of carbonyl (C=O) groups excluding carboxylic acids is 1.